The summed E-state index contributed by atoms with van der Waals surface area (Å²) >= 11 is 2.83. The van der Waals surface area contributed by atoms with Crippen molar-refractivity contribution in [2.24, 2.45) is 0 Å². The van der Waals surface area contributed by atoms with E-state index >= 15 is 0 Å². The summed E-state index contributed by atoms with van der Waals surface area (Å²) in [7, 11) is 9.73. The number of hydrogen-bond donors (Lipinski definition) is 8. The third kappa shape index (κ3) is 16.0. The quantitative estimate of drug-likeness (QED) is 0.0272. The second-order valence-corrected chi connectivity index (χ2v) is 25.9. The minimum atomic E-state index is -2.09. The van der Waals surface area contributed by atoms with Gasteiger partial charge in [-0.2, -0.15) is 5.48 Å². The minimum absolute atomic E-state index is 0.0248. The van der Waals surface area contributed by atoms with E-state index in [0.29, 0.717) is 15.7 Å². The smallest absolute Gasteiger partial charge is 0.411 e. The van der Waals surface area contributed by atoms with Crippen LogP contribution in [0.25, 0.3) is 0 Å². The molecule has 0 saturated carbocycles. The Bertz CT molecular complexity index is 3000. The van der Waals surface area contributed by atoms with Crippen molar-refractivity contribution >= 4 is 72.9 Å². The Kier molecular flexibility index (Phi) is 25.4. The van der Waals surface area contributed by atoms with Gasteiger partial charge in [0, 0.05) is 48.9 Å². The highest BCUT2D eigenvalue weighted by molar-refractivity contribution is 14.1. The van der Waals surface area contributed by atoms with Gasteiger partial charge in [0.2, 0.25) is 17.2 Å². The highest BCUT2D eigenvalue weighted by Crippen LogP contribution is 2.49. The van der Waals surface area contributed by atoms with Crippen molar-refractivity contribution in [3.05, 3.63) is 80.1 Å². The van der Waals surface area contributed by atoms with E-state index in [-0.39, 0.29) is 77.0 Å². The van der Waals surface area contributed by atoms with Gasteiger partial charge in [-0.05, 0) is 86.7 Å². The highest BCUT2D eigenvalue weighted by atomic mass is 127. The van der Waals surface area contributed by atoms with Gasteiger partial charge in [-0.1, -0.05) is 88.2 Å². The van der Waals surface area contributed by atoms with Crippen LogP contribution >= 0.6 is 55.9 Å². The van der Waals surface area contributed by atoms with Gasteiger partial charge in [0.1, 0.15) is 36.6 Å². The van der Waals surface area contributed by atoms with Gasteiger partial charge in [-0.25, -0.2) is 4.79 Å². The highest BCUT2D eigenvalue weighted by Gasteiger charge is 2.52. The van der Waals surface area contributed by atoms with Gasteiger partial charge in [-0.15, -0.1) is 0 Å². The summed E-state index contributed by atoms with van der Waals surface area (Å²) in [5, 5.41) is 63.0. The molecule has 0 unspecified atom stereocenters. The molecule has 4 aliphatic heterocycles. The van der Waals surface area contributed by atoms with Crippen LogP contribution in [0.2, 0.25) is 0 Å². The van der Waals surface area contributed by atoms with Crippen molar-refractivity contribution < 1.29 is 102 Å². The maximum absolute atomic E-state index is 14.5. The molecule has 2 aromatic rings. The monoisotopic (exact) mass is 1400 g/mol. The molecule has 24 nitrogen and oxygen atoms in total. The predicted molar refractivity (Wildman–Crippen MR) is 331 cm³/mol. The Morgan fingerprint density at radius 3 is 2.26 bits per heavy atom. The second-order valence-electron chi connectivity index (χ2n) is 21.2. The summed E-state index contributed by atoms with van der Waals surface area (Å²) in [6.07, 6.45) is -13.9. The number of alkyl carbamates (subject to hydrolysis) is 1. The second kappa shape index (κ2) is 32.0. The maximum atomic E-state index is 14.5. The Hall–Kier alpha value is -4.07. The van der Waals surface area contributed by atoms with Crippen LogP contribution in [-0.4, -0.2) is 212 Å². The van der Waals surface area contributed by atoms with Crippen molar-refractivity contribution in [3.63, 3.8) is 0 Å². The third-order valence-electron chi connectivity index (χ3n) is 15.5. The SMILES string of the molecule is CCN[C@H]1CO[C@@H](O[C@H]2[C@H](O[C@H]3C#C/C=C/C#C[C@]4(O)CC(=O)C(NC(=O)OC)=C3/C4=C\CSSc3ccccc3)O[C@H](C)[C@@H](NO[C@H]3C[C@H](O)[C@H](SC(=O)c4c(C)c(I)c(O[C@@H]5O[C@@H](C)[C@H](O)[C@@H](OC)[C@H]5O)c(OC)c4OC)[C@@H](C)O3)[C@@H]2O)C[C@@H]1OC. The number of likely N-dealkylation sites (N-methyl/N-ethyl adjacent to an activating group) is 1. The number of Topliss-reactive ketones (excluding diaryl/α,β-unsaturated/α-hetero) is 1. The van der Waals surface area contributed by atoms with Crippen LogP contribution in [-0.2, 0) is 52.3 Å². The van der Waals surface area contributed by atoms with Crippen LogP contribution < -0.4 is 30.3 Å². The molecule has 19 atom stereocenters. The summed E-state index contributed by atoms with van der Waals surface area (Å²) < 4.78 is 72.8. The third-order valence-corrected chi connectivity index (χ3v) is 20.5. The summed E-state index contributed by atoms with van der Waals surface area (Å²) in [5.74, 6) is 11.3. The van der Waals surface area contributed by atoms with E-state index in [9.17, 15) is 39.9 Å². The van der Waals surface area contributed by atoms with Crippen LogP contribution in [0.1, 0.15) is 62.9 Å². The number of carbonyl (C=O) groups is 3. The lowest BCUT2D eigenvalue weighted by molar-refractivity contribution is -0.336. The number of nitrogens with one attached hydrogen (secondary N) is 3. The Morgan fingerprint density at radius 1 is 0.852 bits per heavy atom. The molecule has 0 aromatic heterocycles. The lowest BCUT2D eigenvalue weighted by Crippen LogP contribution is -2.65. The van der Waals surface area contributed by atoms with E-state index in [2.05, 4.69) is 39.8 Å². The number of benzene rings is 2. The number of aliphatic hydroxyl groups is 5. The van der Waals surface area contributed by atoms with E-state index in [1.807, 2.05) is 59.8 Å². The number of amides is 1. The summed E-state index contributed by atoms with van der Waals surface area (Å²) in [6, 6.07) is 8.36. The van der Waals surface area contributed by atoms with Crippen molar-refractivity contribution in [2.75, 3.05) is 54.5 Å². The molecule has 8 N–H and O–H groups in total. The molecule has 2 aliphatic carbocycles. The molecule has 8 rings (SSSR count). The predicted octanol–water partition coefficient (Wildman–Crippen LogP) is 3.98. The molecule has 1 amide bonds. The van der Waals surface area contributed by atoms with E-state index < -0.39 is 127 Å². The zero-order valence-electron chi connectivity index (χ0n) is 50.1. The summed E-state index contributed by atoms with van der Waals surface area (Å²) in [4.78, 5) is 48.8. The Morgan fingerprint density at radius 2 is 1.58 bits per heavy atom. The number of rotatable bonds is 22. The molecule has 4 fully saturated rings. The zero-order valence-corrected chi connectivity index (χ0v) is 54.7. The molecule has 4 heterocycles. The molecule has 4 saturated heterocycles. The van der Waals surface area contributed by atoms with E-state index in [1.54, 1.807) is 40.9 Å². The number of methoxy groups -OCH3 is 5. The van der Waals surface area contributed by atoms with Gasteiger partial charge in [-0.3, -0.25) is 19.7 Å². The average Bonchev–Trinajstić information content (AvgIpc) is 2.97. The van der Waals surface area contributed by atoms with Crippen molar-refractivity contribution in [1.82, 2.24) is 16.1 Å². The summed E-state index contributed by atoms with van der Waals surface area (Å²) in [5.41, 5.74) is 1.23. The fraction of sp³-hybridized carbons (Fsp3) is 0.583. The lowest BCUT2D eigenvalue weighted by atomic mass is 9.75. The molecule has 0 radical (unpaired) electrons. The van der Waals surface area contributed by atoms with Crippen LogP contribution in [0.15, 0.2) is 70.3 Å². The van der Waals surface area contributed by atoms with Crippen molar-refractivity contribution in [1.29, 1.82) is 0 Å². The van der Waals surface area contributed by atoms with Crippen molar-refractivity contribution in [3.8, 4) is 40.9 Å². The number of thioether (sulfide) groups is 1. The average molecular weight is 1400 g/mol. The first kappa shape index (κ1) is 69.8. The number of ketones is 1. The number of allylic oxidation sites excluding steroid dienone is 3. The van der Waals surface area contributed by atoms with Crippen LogP contribution in [0.5, 0.6) is 17.2 Å². The van der Waals surface area contributed by atoms with Gasteiger partial charge < -0.3 is 87.7 Å². The standard InChI is InChI=1S/C60H76IN3O21S3/c1-11-62-35-28-78-40(26-39(35)73-6)83-53-48(68)45(30(3)80-58(53)82-38-21-17-12-13-18-23-60(72)27-37(66)46(63-59(71)77-10)43(38)34(60)22-24-86-88-33-19-15-14-16-20-33)64-85-41-25-36(65)55(32(5)79-41)87-56(70)42-29(2)44(61)51(54(76-9)50(42)74-7)84-57-49(69)52(75-8)47(67)31(4)81-57/h12-16,19-20,22,30-32,35-36,38-41,45,47-49,52-53,55,57-58,62,64-65,67-69,72H,11,24-28H2,1-10H3,(H,63,71)/b13-12+,34-22+/t30-,31+,32-,35+,36+,38+,39+,40+,41+,45-,47+,48+,49-,52-,53-,55-,57+,58+,60+/m1/s1. The fourth-order valence-corrected chi connectivity index (χ4v) is 14.6. The number of carbonyl (C=O) groups excluding carboxylic acids is 3. The minimum Gasteiger partial charge on any atom is -0.492 e. The number of ether oxygens (including phenoxy) is 12. The molecular formula is C60H76IN3O21S3. The number of hydroxylamine groups is 1. The largest absolute Gasteiger partial charge is 0.492 e. The number of halogens is 1. The normalized spacial score (nSPS) is 34.8. The molecule has 88 heavy (non-hydrogen) atoms. The first-order valence-electron chi connectivity index (χ1n) is 28.4. The molecule has 2 aromatic carbocycles. The Balaban J connectivity index is 1.03. The maximum Gasteiger partial charge on any atom is 0.411 e. The van der Waals surface area contributed by atoms with Crippen LogP contribution in [0, 0.1) is 34.2 Å². The topological polar surface area (TPSA) is 308 Å². The summed E-state index contributed by atoms with van der Waals surface area (Å²) in [6.45, 7) is 9.40. The van der Waals surface area contributed by atoms with Crippen molar-refractivity contribution in [2.45, 2.75) is 174 Å². The molecule has 0 spiro atoms. The van der Waals surface area contributed by atoms with Crippen LogP contribution in [0.3, 0.4) is 0 Å². The molecule has 2 bridgehead atoms. The lowest BCUT2D eigenvalue weighted by Gasteiger charge is -2.46. The first-order valence-corrected chi connectivity index (χ1v) is 32.7. The molecule has 28 heteroatoms. The van der Waals surface area contributed by atoms with Gasteiger partial charge in [0.05, 0.1) is 97.0 Å². The Labute approximate surface area is 536 Å². The van der Waals surface area contributed by atoms with E-state index in [4.69, 9.17) is 61.7 Å². The number of hydrogen-bond acceptors (Lipinski definition) is 26. The molecular weight excluding hydrogens is 1320 g/mol. The van der Waals surface area contributed by atoms with Gasteiger partial charge in [0.15, 0.2) is 41.8 Å². The fourth-order valence-electron chi connectivity index (χ4n) is 11.0. The van der Waals surface area contributed by atoms with E-state index in [1.165, 1.54) is 55.1 Å². The van der Waals surface area contributed by atoms with Gasteiger partial charge in [0.25, 0.3) is 0 Å². The van der Waals surface area contributed by atoms with E-state index in [0.717, 1.165) is 23.8 Å². The molecule has 6 aliphatic rings. The van der Waals surface area contributed by atoms with Crippen LogP contribution in [0.4, 0.5) is 4.79 Å². The number of fused-ring (bicyclic) bond motifs is 2. The first-order chi connectivity index (χ1) is 42.2. The number of aliphatic hydroxyl groups excluding tert-OH is 4. The zero-order chi connectivity index (χ0) is 63.6. The molecule has 482 valence electrons. The van der Waals surface area contributed by atoms with Gasteiger partial charge >= 0.3 is 6.09 Å².